The fraction of sp³-hybridized carbons (Fsp3) is 0.615. The van der Waals surface area contributed by atoms with Crippen LogP contribution >= 0.6 is 0 Å². The van der Waals surface area contributed by atoms with Crippen molar-refractivity contribution < 1.29 is 19.2 Å². The van der Waals surface area contributed by atoms with Crippen molar-refractivity contribution in [2.45, 2.75) is 51.5 Å². The molecule has 0 atom stereocenters. The summed E-state index contributed by atoms with van der Waals surface area (Å²) in [5.41, 5.74) is 0.455. The van der Waals surface area contributed by atoms with E-state index in [1.165, 1.54) is 0 Å². The Labute approximate surface area is 111 Å². The summed E-state index contributed by atoms with van der Waals surface area (Å²) < 4.78 is 5.03. The van der Waals surface area contributed by atoms with Crippen LogP contribution in [0.25, 0.3) is 0 Å². The second-order valence-corrected chi connectivity index (χ2v) is 5.07. The van der Waals surface area contributed by atoms with Crippen molar-refractivity contribution in [3.8, 4) is 0 Å². The van der Waals surface area contributed by atoms with Gasteiger partial charge < -0.3 is 14.9 Å². The third kappa shape index (κ3) is 2.62. The highest BCUT2D eigenvalue weighted by atomic mass is 16.5. The molecule has 1 aliphatic carbocycles. The minimum atomic E-state index is -0.891. The highest BCUT2D eigenvalue weighted by Gasteiger charge is 2.41. The van der Waals surface area contributed by atoms with E-state index < -0.39 is 11.5 Å². The van der Waals surface area contributed by atoms with Crippen LogP contribution < -0.4 is 5.32 Å². The van der Waals surface area contributed by atoms with Gasteiger partial charge in [-0.2, -0.15) is 0 Å². The summed E-state index contributed by atoms with van der Waals surface area (Å²) in [6.07, 6.45) is 2.92. The number of carbonyl (C=O) groups is 2. The van der Waals surface area contributed by atoms with Gasteiger partial charge in [0.1, 0.15) is 11.3 Å². The molecule has 6 heteroatoms. The lowest BCUT2D eigenvalue weighted by Gasteiger charge is -2.41. The summed E-state index contributed by atoms with van der Waals surface area (Å²) >= 11 is 0. The number of aryl methyl sites for hydroxylation is 2. The van der Waals surface area contributed by atoms with Gasteiger partial charge in [0.25, 0.3) is 5.91 Å². The summed E-state index contributed by atoms with van der Waals surface area (Å²) in [7, 11) is 0. The molecule has 1 saturated carbocycles. The number of aromatic nitrogens is 1. The largest absolute Gasteiger partial charge is 0.481 e. The predicted octanol–water partition coefficient (Wildman–Crippen LogP) is 1.67. The van der Waals surface area contributed by atoms with Gasteiger partial charge in [0.05, 0.1) is 17.7 Å². The van der Waals surface area contributed by atoms with Gasteiger partial charge in [-0.25, -0.2) is 0 Å². The molecule has 0 spiro atoms. The highest BCUT2D eigenvalue weighted by Crippen LogP contribution is 2.35. The Balaban J connectivity index is 2.16. The zero-order valence-corrected chi connectivity index (χ0v) is 11.2. The van der Waals surface area contributed by atoms with Crippen LogP contribution in [-0.2, 0) is 11.2 Å². The van der Waals surface area contributed by atoms with E-state index >= 15 is 0 Å². The molecule has 0 saturated heterocycles. The van der Waals surface area contributed by atoms with Crippen LogP contribution in [0.3, 0.4) is 0 Å². The molecule has 19 heavy (non-hydrogen) atoms. The lowest BCUT2D eigenvalue weighted by atomic mass is 9.74. The maximum atomic E-state index is 12.3. The molecule has 1 heterocycles. The Bertz CT molecular complexity index is 503. The zero-order valence-electron chi connectivity index (χ0n) is 11.2. The van der Waals surface area contributed by atoms with Crippen LogP contribution in [0.2, 0.25) is 0 Å². The van der Waals surface area contributed by atoms with Gasteiger partial charge >= 0.3 is 5.97 Å². The van der Waals surface area contributed by atoms with Gasteiger partial charge in [-0.1, -0.05) is 12.1 Å². The molecule has 1 aromatic rings. The van der Waals surface area contributed by atoms with Crippen molar-refractivity contribution in [2.75, 3.05) is 0 Å². The van der Waals surface area contributed by atoms with Crippen LogP contribution in [0.15, 0.2) is 4.52 Å². The molecule has 1 amide bonds. The van der Waals surface area contributed by atoms with Crippen LogP contribution in [0, 0.1) is 6.92 Å². The summed E-state index contributed by atoms with van der Waals surface area (Å²) in [5.74, 6) is -0.701. The number of hydrogen-bond acceptors (Lipinski definition) is 4. The Morgan fingerprint density at radius 1 is 1.47 bits per heavy atom. The van der Waals surface area contributed by atoms with E-state index in [0.29, 0.717) is 36.3 Å². The number of hydrogen-bond donors (Lipinski definition) is 2. The number of nitrogens with one attached hydrogen (secondary N) is 1. The fourth-order valence-corrected chi connectivity index (χ4v) is 2.49. The quantitative estimate of drug-likeness (QED) is 0.845. The molecule has 0 unspecified atom stereocenters. The molecule has 1 fully saturated rings. The normalized spacial score (nSPS) is 16.7. The molecule has 0 aromatic carbocycles. The molecular formula is C13H18N2O4. The van der Waals surface area contributed by atoms with Crippen LogP contribution in [-0.4, -0.2) is 27.7 Å². The Kier molecular flexibility index (Phi) is 3.59. The van der Waals surface area contributed by atoms with E-state index in [2.05, 4.69) is 10.5 Å². The van der Waals surface area contributed by atoms with Crippen molar-refractivity contribution in [1.29, 1.82) is 0 Å². The standard InChI is InChI=1S/C13H18N2O4/c1-3-9-11(8(2)19-15-9)12(18)14-13(5-4-6-13)7-10(16)17/h3-7H2,1-2H3,(H,14,18)(H,16,17). The van der Waals surface area contributed by atoms with Crippen molar-refractivity contribution in [1.82, 2.24) is 10.5 Å². The Morgan fingerprint density at radius 2 is 2.16 bits per heavy atom. The summed E-state index contributed by atoms with van der Waals surface area (Å²) in [4.78, 5) is 23.2. The molecule has 104 valence electrons. The van der Waals surface area contributed by atoms with Crippen LogP contribution in [0.5, 0.6) is 0 Å². The molecule has 1 aromatic heterocycles. The van der Waals surface area contributed by atoms with Crippen molar-refractivity contribution in [2.24, 2.45) is 0 Å². The summed E-state index contributed by atoms with van der Waals surface area (Å²) in [5, 5.41) is 15.6. The van der Waals surface area contributed by atoms with Gasteiger partial charge in [-0.3, -0.25) is 9.59 Å². The van der Waals surface area contributed by atoms with Crippen molar-refractivity contribution >= 4 is 11.9 Å². The number of amides is 1. The number of carboxylic acids is 1. The molecular weight excluding hydrogens is 248 g/mol. The first-order valence-electron chi connectivity index (χ1n) is 6.47. The lowest BCUT2D eigenvalue weighted by molar-refractivity contribution is -0.139. The first-order chi connectivity index (χ1) is 8.97. The molecule has 0 aliphatic heterocycles. The second kappa shape index (κ2) is 5.03. The summed E-state index contributed by atoms with van der Waals surface area (Å²) in [6, 6.07) is 0. The molecule has 6 nitrogen and oxygen atoms in total. The van der Waals surface area contributed by atoms with Crippen LogP contribution in [0.4, 0.5) is 0 Å². The number of carbonyl (C=O) groups excluding carboxylic acids is 1. The SMILES string of the molecule is CCc1noc(C)c1C(=O)NC1(CC(=O)O)CCC1. The lowest BCUT2D eigenvalue weighted by Crippen LogP contribution is -2.54. The molecule has 0 radical (unpaired) electrons. The molecule has 2 rings (SSSR count). The topological polar surface area (TPSA) is 92.4 Å². The van der Waals surface area contributed by atoms with Gasteiger partial charge in [0.15, 0.2) is 0 Å². The molecule has 2 N–H and O–H groups in total. The number of rotatable bonds is 5. The maximum absolute atomic E-state index is 12.3. The third-order valence-corrected chi connectivity index (χ3v) is 3.67. The minimum Gasteiger partial charge on any atom is -0.481 e. The third-order valence-electron chi connectivity index (χ3n) is 3.67. The van der Waals surface area contributed by atoms with E-state index in [-0.39, 0.29) is 12.3 Å². The van der Waals surface area contributed by atoms with Gasteiger partial charge in [0, 0.05) is 0 Å². The average Bonchev–Trinajstić information content (AvgIpc) is 2.66. The van der Waals surface area contributed by atoms with Gasteiger partial charge in [0.2, 0.25) is 0 Å². The van der Waals surface area contributed by atoms with E-state index in [4.69, 9.17) is 9.63 Å². The number of carboxylic acid groups (broad SMARTS) is 1. The van der Waals surface area contributed by atoms with E-state index in [1.807, 2.05) is 6.92 Å². The maximum Gasteiger partial charge on any atom is 0.305 e. The first-order valence-corrected chi connectivity index (χ1v) is 6.47. The number of aliphatic carboxylic acids is 1. The predicted molar refractivity (Wildman–Crippen MR) is 66.9 cm³/mol. The second-order valence-electron chi connectivity index (χ2n) is 5.07. The smallest absolute Gasteiger partial charge is 0.305 e. The summed E-state index contributed by atoms with van der Waals surface area (Å²) in [6.45, 7) is 3.58. The Morgan fingerprint density at radius 3 is 2.63 bits per heavy atom. The zero-order chi connectivity index (χ0) is 14.0. The number of nitrogens with zero attached hydrogens (tertiary/aromatic N) is 1. The average molecular weight is 266 g/mol. The Hall–Kier alpha value is -1.85. The van der Waals surface area contributed by atoms with E-state index in [1.54, 1.807) is 6.92 Å². The monoisotopic (exact) mass is 266 g/mol. The van der Waals surface area contributed by atoms with E-state index in [0.717, 1.165) is 6.42 Å². The van der Waals surface area contributed by atoms with E-state index in [9.17, 15) is 9.59 Å². The van der Waals surface area contributed by atoms with Crippen LogP contribution in [0.1, 0.15) is 54.4 Å². The van der Waals surface area contributed by atoms with Gasteiger partial charge in [-0.05, 0) is 32.6 Å². The van der Waals surface area contributed by atoms with Crippen molar-refractivity contribution in [3.05, 3.63) is 17.0 Å². The fourth-order valence-electron chi connectivity index (χ4n) is 2.49. The first kappa shape index (κ1) is 13.6. The molecule has 1 aliphatic rings. The minimum absolute atomic E-state index is 0.0372. The van der Waals surface area contributed by atoms with Crippen molar-refractivity contribution in [3.63, 3.8) is 0 Å². The highest BCUT2D eigenvalue weighted by molar-refractivity contribution is 5.97. The van der Waals surface area contributed by atoms with Gasteiger partial charge in [-0.15, -0.1) is 0 Å². The molecule has 0 bridgehead atoms.